The van der Waals surface area contributed by atoms with Gasteiger partial charge in [0.2, 0.25) is 0 Å². The van der Waals surface area contributed by atoms with E-state index >= 15 is 0 Å². The molecule has 17 heavy (non-hydrogen) atoms. The number of nitrogens with two attached hydrogens (primary N) is 1. The number of nitrogens with one attached hydrogen (secondary N) is 1. The third-order valence-electron chi connectivity index (χ3n) is 3.19. The summed E-state index contributed by atoms with van der Waals surface area (Å²) < 4.78 is 0. The molecule has 5 nitrogen and oxygen atoms in total. The van der Waals surface area contributed by atoms with Gasteiger partial charge in [-0.2, -0.15) is 0 Å². The fourth-order valence-electron chi connectivity index (χ4n) is 2.11. The van der Waals surface area contributed by atoms with Crippen molar-refractivity contribution in [2.75, 3.05) is 17.4 Å². The van der Waals surface area contributed by atoms with E-state index in [9.17, 15) is 0 Å². The van der Waals surface area contributed by atoms with Gasteiger partial charge < -0.3 is 10.3 Å². The van der Waals surface area contributed by atoms with E-state index in [-0.39, 0.29) is 0 Å². The van der Waals surface area contributed by atoms with Gasteiger partial charge in [-0.05, 0) is 26.7 Å². The summed E-state index contributed by atoms with van der Waals surface area (Å²) in [5.41, 5.74) is 3.62. The zero-order chi connectivity index (χ0) is 13.0. The van der Waals surface area contributed by atoms with Crippen LogP contribution in [0.4, 0.5) is 11.6 Å². The molecule has 1 heterocycles. The van der Waals surface area contributed by atoms with Crippen molar-refractivity contribution in [3.05, 3.63) is 11.4 Å². The molecule has 0 fully saturated rings. The van der Waals surface area contributed by atoms with Crippen LogP contribution in [0.15, 0.2) is 0 Å². The number of nitrogen functional groups attached to an aromatic ring is 1. The SMILES string of the molecule is CCC(CC)N(C)c1nc(C)nc(NN)c1C. The first-order valence-electron chi connectivity index (χ1n) is 6.09. The smallest absolute Gasteiger partial charge is 0.148 e. The Morgan fingerprint density at radius 2 is 1.82 bits per heavy atom. The van der Waals surface area contributed by atoms with Crippen LogP contribution in [0, 0.1) is 13.8 Å². The first-order chi connectivity index (χ1) is 8.04. The van der Waals surface area contributed by atoms with Crippen molar-refractivity contribution < 1.29 is 0 Å². The molecule has 0 aliphatic heterocycles. The number of aryl methyl sites for hydroxylation is 1. The zero-order valence-corrected chi connectivity index (χ0v) is 11.4. The molecule has 5 heteroatoms. The zero-order valence-electron chi connectivity index (χ0n) is 11.4. The van der Waals surface area contributed by atoms with Gasteiger partial charge in [0.15, 0.2) is 0 Å². The number of rotatable bonds is 5. The van der Waals surface area contributed by atoms with Gasteiger partial charge in [0, 0.05) is 18.7 Å². The monoisotopic (exact) mass is 237 g/mol. The van der Waals surface area contributed by atoms with Gasteiger partial charge in [-0.25, -0.2) is 15.8 Å². The largest absolute Gasteiger partial charge is 0.356 e. The molecule has 0 aromatic carbocycles. The van der Waals surface area contributed by atoms with Crippen LogP contribution in [-0.4, -0.2) is 23.1 Å². The molecule has 0 saturated heterocycles. The van der Waals surface area contributed by atoms with Gasteiger partial charge in [-0.15, -0.1) is 0 Å². The Morgan fingerprint density at radius 1 is 1.24 bits per heavy atom. The van der Waals surface area contributed by atoms with Gasteiger partial charge in [-0.3, -0.25) is 0 Å². The van der Waals surface area contributed by atoms with Crippen molar-refractivity contribution in [2.45, 2.75) is 46.6 Å². The summed E-state index contributed by atoms with van der Waals surface area (Å²) in [5.74, 6) is 7.86. The Labute approximate surface area is 103 Å². The molecule has 3 N–H and O–H groups in total. The van der Waals surface area contributed by atoms with Crippen LogP contribution in [0.5, 0.6) is 0 Å². The summed E-state index contributed by atoms with van der Waals surface area (Å²) in [4.78, 5) is 11.0. The average molecular weight is 237 g/mol. The van der Waals surface area contributed by atoms with E-state index in [2.05, 4.69) is 41.2 Å². The van der Waals surface area contributed by atoms with Gasteiger partial charge in [0.1, 0.15) is 17.5 Å². The van der Waals surface area contributed by atoms with Gasteiger partial charge in [0.25, 0.3) is 0 Å². The molecule has 0 bridgehead atoms. The van der Waals surface area contributed by atoms with Crippen LogP contribution < -0.4 is 16.2 Å². The van der Waals surface area contributed by atoms with Crippen molar-refractivity contribution in [3.63, 3.8) is 0 Å². The highest BCUT2D eigenvalue weighted by atomic mass is 15.3. The molecular formula is C12H23N5. The Morgan fingerprint density at radius 3 is 2.29 bits per heavy atom. The molecule has 0 amide bonds. The molecule has 0 aliphatic rings. The van der Waals surface area contributed by atoms with Gasteiger partial charge >= 0.3 is 0 Å². The van der Waals surface area contributed by atoms with E-state index in [0.717, 1.165) is 30.0 Å². The molecule has 1 rings (SSSR count). The minimum atomic E-state index is 0.494. The third-order valence-corrected chi connectivity index (χ3v) is 3.19. The maximum Gasteiger partial charge on any atom is 0.148 e. The van der Waals surface area contributed by atoms with Crippen molar-refractivity contribution >= 4 is 11.6 Å². The number of hydrogen-bond acceptors (Lipinski definition) is 5. The minimum Gasteiger partial charge on any atom is -0.356 e. The molecule has 0 unspecified atom stereocenters. The van der Waals surface area contributed by atoms with Gasteiger partial charge in [-0.1, -0.05) is 13.8 Å². The fraction of sp³-hybridized carbons (Fsp3) is 0.667. The molecule has 0 radical (unpaired) electrons. The van der Waals surface area contributed by atoms with Crippen LogP contribution in [0.1, 0.15) is 38.1 Å². The van der Waals surface area contributed by atoms with Crippen molar-refractivity contribution in [1.82, 2.24) is 9.97 Å². The van der Waals surface area contributed by atoms with Crippen LogP contribution in [-0.2, 0) is 0 Å². The summed E-state index contributed by atoms with van der Waals surface area (Å²) in [6.07, 6.45) is 2.20. The van der Waals surface area contributed by atoms with E-state index in [1.807, 2.05) is 13.8 Å². The highest BCUT2D eigenvalue weighted by Crippen LogP contribution is 2.24. The third kappa shape index (κ3) is 2.85. The first kappa shape index (κ1) is 13.7. The molecule has 0 atom stereocenters. The van der Waals surface area contributed by atoms with E-state index in [1.54, 1.807) is 0 Å². The van der Waals surface area contributed by atoms with Crippen LogP contribution >= 0.6 is 0 Å². The lowest BCUT2D eigenvalue weighted by Crippen LogP contribution is -2.32. The number of aromatic nitrogens is 2. The standard InChI is InChI=1S/C12H23N5/c1-6-10(7-2)17(5)12-8(3)11(16-13)14-9(4)15-12/h10H,6-7,13H2,1-5H3,(H,14,15,16). The van der Waals surface area contributed by atoms with E-state index in [0.29, 0.717) is 11.9 Å². The Hall–Kier alpha value is -1.36. The molecular weight excluding hydrogens is 214 g/mol. The number of anilines is 2. The molecule has 96 valence electrons. The Bertz CT molecular complexity index is 373. The molecule has 1 aromatic heterocycles. The van der Waals surface area contributed by atoms with Crippen molar-refractivity contribution in [1.29, 1.82) is 0 Å². The first-order valence-corrected chi connectivity index (χ1v) is 6.09. The lowest BCUT2D eigenvalue weighted by atomic mass is 10.1. The van der Waals surface area contributed by atoms with Crippen LogP contribution in [0.25, 0.3) is 0 Å². The topological polar surface area (TPSA) is 67.1 Å². The summed E-state index contributed by atoms with van der Waals surface area (Å²) in [6, 6.07) is 0.494. The lowest BCUT2D eigenvalue weighted by Gasteiger charge is -2.29. The molecule has 0 aliphatic carbocycles. The summed E-state index contributed by atoms with van der Waals surface area (Å²) in [5, 5.41) is 0. The predicted octanol–water partition coefficient (Wildman–Crippen LogP) is 2.00. The van der Waals surface area contributed by atoms with Crippen LogP contribution in [0.2, 0.25) is 0 Å². The highest BCUT2D eigenvalue weighted by Gasteiger charge is 2.17. The quantitative estimate of drug-likeness (QED) is 0.605. The highest BCUT2D eigenvalue weighted by molar-refractivity contribution is 5.58. The molecule has 0 saturated carbocycles. The average Bonchev–Trinajstić information content (AvgIpc) is 2.33. The Kier molecular flexibility index (Phi) is 4.69. The maximum atomic E-state index is 5.47. The summed E-state index contributed by atoms with van der Waals surface area (Å²) in [7, 11) is 2.08. The van der Waals surface area contributed by atoms with E-state index < -0.39 is 0 Å². The second-order valence-electron chi connectivity index (χ2n) is 4.29. The van der Waals surface area contributed by atoms with Gasteiger partial charge in [0.05, 0.1) is 0 Å². The lowest BCUT2D eigenvalue weighted by molar-refractivity contribution is 0.584. The van der Waals surface area contributed by atoms with Crippen molar-refractivity contribution in [3.8, 4) is 0 Å². The predicted molar refractivity (Wildman–Crippen MR) is 72.1 cm³/mol. The molecule has 1 aromatic rings. The second-order valence-corrected chi connectivity index (χ2v) is 4.29. The minimum absolute atomic E-state index is 0.494. The summed E-state index contributed by atoms with van der Waals surface area (Å²) >= 11 is 0. The van der Waals surface area contributed by atoms with Crippen LogP contribution in [0.3, 0.4) is 0 Å². The molecule has 0 spiro atoms. The normalized spacial score (nSPS) is 10.8. The summed E-state index contributed by atoms with van der Waals surface area (Å²) in [6.45, 7) is 8.25. The fourth-order valence-corrected chi connectivity index (χ4v) is 2.11. The second kappa shape index (κ2) is 5.82. The number of hydrogen-bond donors (Lipinski definition) is 2. The number of hydrazine groups is 1. The number of nitrogens with zero attached hydrogens (tertiary/aromatic N) is 3. The van der Waals surface area contributed by atoms with E-state index in [4.69, 9.17) is 5.84 Å². The maximum absolute atomic E-state index is 5.47. The Balaban J connectivity index is 3.16. The van der Waals surface area contributed by atoms with Crippen molar-refractivity contribution in [2.24, 2.45) is 5.84 Å². The van der Waals surface area contributed by atoms with E-state index in [1.165, 1.54) is 0 Å².